The van der Waals surface area contributed by atoms with Crippen molar-refractivity contribution in [2.75, 3.05) is 7.11 Å². The lowest BCUT2D eigenvalue weighted by atomic mass is 9.98. The van der Waals surface area contributed by atoms with Crippen LogP contribution in [-0.2, 0) is 29.0 Å². The molecule has 2 aromatic carbocycles. The Morgan fingerprint density at radius 2 is 1.95 bits per heavy atom. The number of esters is 1. The van der Waals surface area contributed by atoms with Crippen LogP contribution in [0.2, 0.25) is 0 Å². The summed E-state index contributed by atoms with van der Waals surface area (Å²) in [6.45, 7) is 0.597. The lowest BCUT2D eigenvalue weighted by molar-refractivity contribution is -0.139. The molecule has 0 atom stereocenters. The van der Waals surface area contributed by atoms with Gasteiger partial charge in [0.05, 0.1) is 13.5 Å². The van der Waals surface area contributed by atoms with Crippen LogP contribution in [0, 0.1) is 0 Å². The maximum absolute atomic E-state index is 11.4. The molecule has 0 saturated carbocycles. The molecule has 0 aliphatic carbocycles. The van der Waals surface area contributed by atoms with Gasteiger partial charge in [0.25, 0.3) is 0 Å². The molecule has 0 amide bonds. The molecular formula is C17H16O3. The second kappa shape index (κ2) is 5.37. The van der Waals surface area contributed by atoms with E-state index in [0.717, 1.165) is 23.3 Å². The smallest absolute Gasteiger partial charge is 0.309 e. The summed E-state index contributed by atoms with van der Waals surface area (Å²) in [4.78, 5) is 11.4. The number of fused-ring (bicyclic) bond motifs is 2. The van der Waals surface area contributed by atoms with Gasteiger partial charge in [-0.1, -0.05) is 36.4 Å². The number of benzene rings is 2. The molecule has 0 saturated heterocycles. The van der Waals surface area contributed by atoms with Crippen molar-refractivity contribution in [1.82, 2.24) is 0 Å². The summed E-state index contributed by atoms with van der Waals surface area (Å²) in [5, 5.41) is 0. The zero-order chi connectivity index (χ0) is 13.9. The molecule has 0 unspecified atom stereocenters. The van der Waals surface area contributed by atoms with Gasteiger partial charge in [-0.15, -0.1) is 0 Å². The van der Waals surface area contributed by atoms with E-state index in [1.807, 2.05) is 30.3 Å². The van der Waals surface area contributed by atoms with E-state index in [9.17, 15) is 4.79 Å². The van der Waals surface area contributed by atoms with Crippen LogP contribution >= 0.6 is 0 Å². The van der Waals surface area contributed by atoms with Crippen LogP contribution in [0.3, 0.4) is 0 Å². The summed E-state index contributed by atoms with van der Waals surface area (Å²) in [5.41, 5.74) is 4.58. The van der Waals surface area contributed by atoms with Crippen molar-refractivity contribution in [3.8, 4) is 5.75 Å². The summed E-state index contributed by atoms with van der Waals surface area (Å²) >= 11 is 0. The zero-order valence-electron chi connectivity index (χ0n) is 11.4. The predicted molar refractivity (Wildman–Crippen MR) is 75.7 cm³/mol. The summed E-state index contributed by atoms with van der Waals surface area (Å²) < 4.78 is 10.6. The van der Waals surface area contributed by atoms with Crippen molar-refractivity contribution in [2.24, 2.45) is 0 Å². The van der Waals surface area contributed by atoms with E-state index in [0.29, 0.717) is 13.0 Å². The molecule has 1 heterocycles. The molecule has 20 heavy (non-hydrogen) atoms. The number of ether oxygens (including phenoxy) is 2. The maximum atomic E-state index is 11.4. The van der Waals surface area contributed by atoms with Crippen LogP contribution in [0.1, 0.15) is 22.3 Å². The largest absolute Gasteiger partial charge is 0.489 e. The summed E-state index contributed by atoms with van der Waals surface area (Å²) in [7, 11) is 1.41. The number of hydrogen-bond donors (Lipinski definition) is 0. The molecule has 0 aromatic heterocycles. The Bertz CT molecular complexity index is 646. The number of carbonyl (C=O) groups excluding carboxylic acids is 1. The molecule has 102 valence electrons. The quantitative estimate of drug-likeness (QED) is 0.786. The fourth-order valence-electron chi connectivity index (χ4n) is 2.49. The molecule has 3 nitrogen and oxygen atoms in total. The van der Waals surface area contributed by atoms with Crippen LogP contribution in [0.25, 0.3) is 0 Å². The Balaban J connectivity index is 1.92. The minimum Gasteiger partial charge on any atom is -0.489 e. The van der Waals surface area contributed by atoms with Gasteiger partial charge in [-0.05, 0) is 28.3 Å². The Hall–Kier alpha value is -2.29. The van der Waals surface area contributed by atoms with E-state index in [1.54, 1.807) is 0 Å². The van der Waals surface area contributed by atoms with Crippen molar-refractivity contribution in [3.05, 3.63) is 64.7 Å². The van der Waals surface area contributed by atoms with E-state index in [-0.39, 0.29) is 5.97 Å². The minimum absolute atomic E-state index is 0.222. The van der Waals surface area contributed by atoms with Crippen LogP contribution in [0.5, 0.6) is 5.75 Å². The van der Waals surface area contributed by atoms with Crippen LogP contribution in [0.4, 0.5) is 0 Å². The van der Waals surface area contributed by atoms with Gasteiger partial charge in [-0.25, -0.2) is 0 Å². The summed E-state index contributed by atoms with van der Waals surface area (Å²) in [6, 6.07) is 14.2. The minimum atomic E-state index is -0.222. The molecule has 0 bridgehead atoms. The maximum Gasteiger partial charge on any atom is 0.309 e. The highest BCUT2D eigenvalue weighted by Crippen LogP contribution is 2.29. The molecule has 3 heteroatoms. The predicted octanol–water partition coefficient (Wildman–Crippen LogP) is 2.89. The normalized spacial score (nSPS) is 12.7. The molecule has 3 rings (SSSR count). The van der Waals surface area contributed by atoms with E-state index >= 15 is 0 Å². The Labute approximate surface area is 118 Å². The van der Waals surface area contributed by atoms with Crippen molar-refractivity contribution in [3.63, 3.8) is 0 Å². The average molecular weight is 268 g/mol. The summed E-state index contributed by atoms with van der Waals surface area (Å²) in [5.74, 6) is 0.676. The highest BCUT2D eigenvalue weighted by molar-refractivity contribution is 5.72. The fourth-order valence-corrected chi connectivity index (χ4v) is 2.49. The summed E-state index contributed by atoms with van der Waals surface area (Å²) in [6.07, 6.45) is 1.13. The van der Waals surface area contributed by atoms with Crippen LogP contribution in [-0.4, -0.2) is 13.1 Å². The van der Waals surface area contributed by atoms with Gasteiger partial charge in [-0.3, -0.25) is 4.79 Å². The highest BCUT2D eigenvalue weighted by Gasteiger charge is 2.15. The zero-order valence-corrected chi connectivity index (χ0v) is 11.4. The van der Waals surface area contributed by atoms with E-state index in [4.69, 9.17) is 9.47 Å². The molecule has 2 aromatic rings. The van der Waals surface area contributed by atoms with Crippen molar-refractivity contribution in [2.45, 2.75) is 19.4 Å². The van der Waals surface area contributed by atoms with Gasteiger partial charge in [-0.2, -0.15) is 0 Å². The third-order valence-corrected chi connectivity index (χ3v) is 3.58. The third kappa shape index (κ3) is 2.52. The van der Waals surface area contributed by atoms with Crippen molar-refractivity contribution >= 4 is 5.97 Å². The SMILES string of the molecule is COC(=O)Cc1ccc2c(c1)Cc1ccccc1CO2. The molecule has 0 radical (unpaired) electrons. The molecule has 1 aliphatic rings. The van der Waals surface area contributed by atoms with Gasteiger partial charge in [0, 0.05) is 6.42 Å². The first kappa shape index (κ1) is 12.7. The van der Waals surface area contributed by atoms with Gasteiger partial charge < -0.3 is 9.47 Å². The molecule has 0 fully saturated rings. The van der Waals surface area contributed by atoms with Crippen LogP contribution < -0.4 is 4.74 Å². The third-order valence-electron chi connectivity index (χ3n) is 3.58. The topological polar surface area (TPSA) is 35.5 Å². The van der Waals surface area contributed by atoms with E-state index in [2.05, 4.69) is 12.1 Å². The highest BCUT2D eigenvalue weighted by atomic mass is 16.5. The lowest BCUT2D eigenvalue weighted by Crippen LogP contribution is -2.05. The Morgan fingerprint density at radius 3 is 2.75 bits per heavy atom. The molecule has 1 aliphatic heterocycles. The van der Waals surface area contributed by atoms with Crippen LogP contribution in [0.15, 0.2) is 42.5 Å². The van der Waals surface area contributed by atoms with Gasteiger partial charge in [0.2, 0.25) is 0 Å². The molecular weight excluding hydrogens is 252 g/mol. The average Bonchev–Trinajstić information content (AvgIpc) is 2.65. The van der Waals surface area contributed by atoms with Crippen molar-refractivity contribution in [1.29, 1.82) is 0 Å². The standard InChI is InChI=1S/C17H16O3/c1-19-17(18)9-12-6-7-16-15(8-12)10-13-4-2-3-5-14(13)11-20-16/h2-8H,9-11H2,1H3. The Kier molecular flexibility index (Phi) is 3.42. The monoisotopic (exact) mass is 268 g/mol. The Morgan fingerprint density at radius 1 is 1.15 bits per heavy atom. The first-order chi connectivity index (χ1) is 9.76. The lowest BCUT2D eigenvalue weighted by Gasteiger charge is -2.08. The molecule has 0 spiro atoms. The number of methoxy groups -OCH3 is 1. The number of hydrogen-bond acceptors (Lipinski definition) is 3. The van der Waals surface area contributed by atoms with Gasteiger partial charge in [0.1, 0.15) is 12.4 Å². The molecule has 0 N–H and O–H groups in total. The first-order valence-corrected chi connectivity index (χ1v) is 6.64. The first-order valence-electron chi connectivity index (χ1n) is 6.64. The van der Waals surface area contributed by atoms with Crippen molar-refractivity contribution < 1.29 is 14.3 Å². The number of carbonyl (C=O) groups is 1. The fraction of sp³-hybridized carbons (Fsp3) is 0.235. The number of rotatable bonds is 2. The van der Waals surface area contributed by atoms with Gasteiger partial charge in [0.15, 0.2) is 0 Å². The second-order valence-corrected chi connectivity index (χ2v) is 4.93. The van der Waals surface area contributed by atoms with E-state index in [1.165, 1.54) is 18.2 Å². The van der Waals surface area contributed by atoms with E-state index < -0.39 is 0 Å². The van der Waals surface area contributed by atoms with Gasteiger partial charge >= 0.3 is 5.97 Å². The second-order valence-electron chi connectivity index (χ2n) is 4.93.